The molecule has 116 valence electrons. The number of benzene rings is 1. The van der Waals surface area contributed by atoms with Crippen molar-refractivity contribution < 1.29 is 9.21 Å². The average molecular weight is 373 g/mol. The van der Waals surface area contributed by atoms with Crippen molar-refractivity contribution in [1.82, 2.24) is 15.2 Å². The van der Waals surface area contributed by atoms with E-state index in [-0.39, 0.29) is 5.91 Å². The zero-order chi connectivity index (χ0) is 16.1. The van der Waals surface area contributed by atoms with E-state index < -0.39 is 0 Å². The average Bonchev–Trinajstić information content (AvgIpc) is 3.19. The van der Waals surface area contributed by atoms with E-state index in [1.54, 1.807) is 29.1 Å². The monoisotopic (exact) mass is 372 g/mol. The Kier molecular flexibility index (Phi) is 4.68. The van der Waals surface area contributed by atoms with Gasteiger partial charge in [-0.15, -0.1) is 0 Å². The second kappa shape index (κ2) is 7.06. The van der Waals surface area contributed by atoms with E-state index in [9.17, 15) is 4.79 Å². The van der Waals surface area contributed by atoms with Crippen LogP contribution >= 0.6 is 15.9 Å². The van der Waals surface area contributed by atoms with E-state index in [2.05, 4.69) is 31.6 Å². The predicted octanol–water partition coefficient (Wildman–Crippen LogP) is 3.05. The molecule has 2 aromatic heterocycles. The molecule has 6 nitrogen and oxygen atoms in total. The maximum Gasteiger partial charge on any atom is 0.291 e. The lowest BCUT2D eigenvalue weighted by Crippen LogP contribution is -2.18. The molecule has 0 spiro atoms. The lowest BCUT2D eigenvalue weighted by atomic mass is 10.2. The van der Waals surface area contributed by atoms with Crippen molar-refractivity contribution >= 4 is 28.1 Å². The molecule has 2 heterocycles. The fourth-order valence-electron chi connectivity index (χ4n) is 1.97. The first-order valence-corrected chi connectivity index (χ1v) is 7.65. The molecule has 0 bridgehead atoms. The molecular formula is C16H13BrN4O2. The summed E-state index contributed by atoms with van der Waals surface area (Å²) in [5, 5.41) is 8.06. The molecule has 1 amide bonds. The van der Waals surface area contributed by atoms with Gasteiger partial charge in [0.1, 0.15) is 5.76 Å². The van der Waals surface area contributed by atoms with Gasteiger partial charge < -0.3 is 4.42 Å². The van der Waals surface area contributed by atoms with E-state index in [0.29, 0.717) is 18.0 Å². The van der Waals surface area contributed by atoms with Gasteiger partial charge in [-0.3, -0.25) is 9.48 Å². The summed E-state index contributed by atoms with van der Waals surface area (Å²) < 4.78 is 7.79. The zero-order valence-electron chi connectivity index (χ0n) is 12.0. The van der Waals surface area contributed by atoms with Crippen LogP contribution in [-0.4, -0.2) is 21.9 Å². The second-order valence-electron chi connectivity index (χ2n) is 4.74. The molecule has 3 rings (SSSR count). The minimum Gasteiger partial charge on any atom is -0.463 e. The van der Waals surface area contributed by atoms with E-state index in [4.69, 9.17) is 4.42 Å². The number of nitrogens with zero attached hydrogens (tertiary/aromatic N) is 3. The topological polar surface area (TPSA) is 72.4 Å². The predicted molar refractivity (Wildman–Crippen MR) is 89.2 cm³/mol. The second-order valence-corrected chi connectivity index (χ2v) is 5.66. The van der Waals surface area contributed by atoms with Crippen molar-refractivity contribution in [2.24, 2.45) is 5.10 Å². The first-order valence-electron chi connectivity index (χ1n) is 6.85. The third-order valence-corrected chi connectivity index (χ3v) is 3.50. The van der Waals surface area contributed by atoms with Crippen LogP contribution in [0, 0.1) is 0 Å². The number of carbonyl (C=O) groups is 1. The fraction of sp³-hybridized carbons (Fsp3) is 0.0625. The third-order valence-electron chi connectivity index (χ3n) is 3.01. The number of amides is 1. The van der Waals surface area contributed by atoms with Gasteiger partial charge in [0, 0.05) is 10.7 Å². The summed E-state index contributed by atoms with van der Waals surface area (Å²) in [6.07, 6.45) is 4.72. The number of aromatic nitrogens is 2. The first-order chi connectivity index (χ1) is 11.2. The van der Waals surface area contributed by atoms with Gasteiger partial charge >= 0.3 is 0 Å². The Balaban J connectivity index is 1.61. The molecule has 1 aromatic carbocycles. The maximum absolute atomic E-state index is 12.0. The molecule has 1 N–H and O–H groups in total. The van der Waals surface area contributed by atoms with Crippen LogP contribution in [0.25, 0.3) is 0 Å². The Morgan fingerprint density at radius 2 is 2.26 bits per heavy atom. The zero-order valence-corrected chi connectivity index (χ0v) is 13.6. The Bertz CT molecular complexity index is 824. The third kappa shape index (κ3) is 4.17. The summed E-state index contributed by atoms with van der Waals surface area (Å²) in [5.41, 5.74) is 3.80. The van der Waals surface area contributed by atoms with E-state index >= 15 is 0 Å². The number of hydrazone groups is 1. The lowest BCUT2D eigenvalue weighted by molar-refractivity contribution is 0.0949. The summed E-state index contributed by atoms with van der Waals surface area (Å²) in [7, 11) is 0. The molecule has 0 aliphatic carbocycles. The van der Waals surface area contributed by atoms with Gasteiger partial charge in [-0.1, -0.05) is 28.1 Å². The van der Waals surface area contributed by atoms with Gasteiger partial charge in [-0.05, 0) is 35.9 Å². The molecule has 3 aromatic rings. The Labute approximate surface area is 140 Å². The van der Waals surface area contributed by atoms with E-state index in [0.717, 1.165) is 10.0 Å². The van der Waals surface area contributed by atoms with Crippen molar-refractivity contribution in [2.75, 3.05) is 0 Å². The quantitative estimate of drug-likeness (QED) is 0.552. The van der Waals surface area contributed by atoms with Crippen molar-refractivity contribution in [3.05, 3.63) is 76.4 Å². The van der Waals surface area contributed by atoms with Crippen molar-refractivity contribution in [3.8, 4) is 0 Å². The number of furan rings is 1. The van der Waals surface area contributed by atoms with Crippen LogP contribution in [0.1, 0.15) is 21.8 Å². The number of nitrogens with one attached hydrogen (secondary N) is 1. The number of hydrogen-bond donors (Lipinski definition) is 1. The molecule has 0 atom stereocenters. The summed E-state index contributed by atoms with van der Waals surface area (Å²) >= 11 is 3.43. The highest BCUT2D eigenvalue weighted by Crippen LogP contribution is 2.12. The molecule has 0 radical (unpaired) electrons. The van der Waals surface area contributed by atoms with Gasteiger partial charge in [-0.25, -0.2) is 5.43 Å². The molecule has 0 saturated heterocycles. The number of hydrogen-bond acceptors (Lipinski definition) is 4. The van der Waals surface area contributed by atoms with Gasteiger partial charge in [-0.2, -0.15) is 10.2 Å². The smallest absolute Gasteiger partial charge is 0.291 e. The molecule has 0 unspecified atom stereocenters. The molecule has 0 aliphatic rings. The Morgan fingerprint density at radius 3 is 3.04 bits per heavy atom. The van der Waals surface area contributed by atoms with Gasteiger partial charge in [0.25, 0.3) is 5.91 Å². The fourth-order valence-corrected chi connectivity index (χ4v) is 2.42. The highest BCUT2D eigenvalue weighted by molar-refractivity contribution is 9.10. The highest BCUT2D eigenvalue weighted by Gasteiger charge is 2.08. The van der Waals surface area contributed by atoms with Gasteiger partial charge in [0.15, 0.2) is 5.69 Å². The lowest BCUT2D eigenvalue weighted by Gasteiger charge is -2.02. The minimum atomic E-state index is -0.374. The Morgan fingerprint density at radius 1 is 1.35 bits per heavy atom. The molecule has 0 fully saturated rings. The van der Waals surface area contributed by atoms with Crippen molar-refractivity contribution in [2.45, 2.75) is 6.54 Å². The van der Waals surface area contributed by atoms with E-state index in [1.807, 2.05) is 24.3 Å². The standard InChI is InChI=1S/C16H13BrN4O2/c17-13-4-1-3-12(9-13)11-21-7-6-15(20-21)16(22)19-18-10-14-5-2-8-23-14/h1-10H,11H2,(H,19,22)/b18-10+. The summed E-state index contributed by atoms with van der Waals surface area (Å²) in [4.78, 5) is 12.0. The molecular weight excluding hydrogens is 360 g/mol. The van der Waals surface area contributed by atoms with Crippen LogP contribution in [0.15, 0.2) is 68.9 Å². The highest BCUT2D eigenvalue weighted by atomic mass is 79.9. The van der Waals surface area contributed by atoms with Crippen LogP contribution in [-0.2, 0) is 6.54 Å². The molecule has 0 saturated carbocycles. The first kappa shape index (κ1) is 15.2. The molecule has 7 heteroatoms. The largest absolute Gasteiger partial charge is 0.463 e. The molecule has 0 aliphatic heterocycles. The molecule has 23 heavy (non-hydrogen) atoms. The van der Waals surface area contributed by atoms with Crippen molar-refractivity contribution in [3.63, 3.8) is 0 Å². The van der Waals surface area contributed by atoms with Crippen LogP contribution in [0.4, 0.5) is 0 Å². The van der Waals surface area contributed by atoms with Crippen LogP contribution in [0.5, 0.6) is 0 Å². The summed E-state index contributed by atoms with van der Waals surface area (Å²) in [6.45, 7) is 0.586. The van der Waals surface area contributed by atoms with Gasteiger partial charge in [0.2, 0.25) is 0 Å². The van der Waals surface area contributed by atoms with Crippen LogP contribution < -0.4 is 5.43 Å². The summed E-state index contributed by atoms with van der Waals surface area (Å²) in [5.74, 6) is 0.186. The number of carbonyl (C=O) groups excluding carboxylic acids is 1. The van der Waals surface area contributed by atoms with Crippen LogP contribution in [0.3, 0.4) is 0 Å². The normalized spacial score (nSPS) is 11.0. The van der Waals surface area contributed by atoms with Crippen molar-refractivity contribution in [1.29, 1.82) is 0 Å². The number of rotatable bonds is 5. The maximum atomic E-state index is 12.0. The Hall–Kier alpha value is -2.67. The summed E-state index contributed by atoms with van der Waals surface area (Å²) in [6, 6.07) is 13.1. The van der Waals surface area contributed by atoms with Gasteiger partial charge in [0.05, 0.1) is 19.0 Å². The number of halogens is 1. The minimum absolute atomic E-state index is 0.302. The SMILES string of the molecule is O=C(N/N=C/c1ccco1)c1ccn(Cc2cccc(Br)c2)n1. The van der Waals surface area contributed by atoms with E-state index in [1.165, 1.54) is 12.5 Å². The van der Waals surface area contributed by atoms with Crippen LogP contribution in [0.2, 0.25) is 0 Å².